The fourth-order valence-corrected chi connectivity index (χ4v) is 2.64. The van der Waals surface area contributed by atoms with E-state index in [0.29, 0.717) is 5.69 Å². The number of nitro benzene ring substituents is 1. The Hall–Kier alpha value is -2.46. The minimum atomic E-state index is -3.94. The molecule has 0 saturated heterocycles. The van der Waals surface area contributed by atoms with Crippen LogP contribution in [0, 0.1) is 10.1 Å². The molecule has 1 aromatic carbocycles. The molecule has 2 rings (SSSR count). The highest BCUT2D eigenvalue weighted by Gasteiger charge is 2.21. The first-order valence-electron chi connectivity index (χ1n) is 5.75. The van der Waals surface area contributed by atoms with Crippen molar-refractivity contribution in [2.24, 2.45) is 7.05 Å². The Balaban J connectivity index is 2.23. The first-order valence-corrected chi connectivity index (χ1v) is 7.23. The molecule has 1 heterocycles. The number of nitrogens with zero attached hydrogens (tertiary/aromatic N) is 3. The Kier molecular flexibility index (Phi) is 3.91. The van der Waals surface area contributed by atoms with E-state index in [9.17, 15) is 23.6 Å². The van der Waals surface area contributed by atoms with Crippen LogP contribution < -0.4 is 4.72 Å². The number of phenolic OH excluding ortho intramolecular Hbond substituents is 1. The largest absolute Gasteiger partial charge is 0.502 e. The SMILES string of the molecule is Cn1ccc(CNS(=O)(=O)c2ccc(O)c([N+](=O)[O-])c2)n1. The molecule has 0 unspecified atom stereocenters. The van der Waals surface area contributed by atoms with Gasteiger partial charge in [0.05, 0.1) is 22.1 Å². The fraction of sp³-hybridized carbons (Fsp3) is 0.182. The van der Waals surface area contributed by atoms with Crippen LogP contribution in [0.2, 0.25) is 0 Å². The molecule has 0 aliphatic heterocycles. The zero-order chi connectivity index (χ0) is 15.6. The van der Waals surface area contributed by atoms with Gasteiger partial charge in [-0.3, -0.25) is 14.8 Å². The van der Waals surface area contributed by atoms with E-state index in [1.165, 1.54) is 4.68 Å². The van der Waals surface area contributed by atoms with E-state index in [0.717, 1.165) is 18.2 Å². The molecule has 10 heteroatoms. The smallest absolute Gasteiger partial charge is 0.312 e. The van der Waals surface area contributed by atoms with Gasteiger partial charge in [0.2, 0.25) is 10.0 Å². The molecule has 0 amide bonds. The molecule has 2 N–H and O–H groups in total. The van der Waals surface area contributed by atoms with E-state index in [-0.39, 0.29) is 11.4 Å². The maximum absolute atomic E-state index is 12.0. The van der Waals surface area contributed by atoms with Crippen LogP contribution in [0.25, 0.3) is 0 Å². The number of rotatable bonds is 5. The molecular formula is C11H12N4O5S. The number of aromatic nitrogens is 2. The van der Waals surface area contributed by atoms with E-state index >= 15 is 0 Å². The van der Waals surface area contributed by atoms with Gasteiger partial charge in [0.15, 0.2) is 5.75 Å². The van der Waals surface area contributed by atoms with Crippen molar-refractivity contribution in [3.8, 4) is 5.75 Å². The number of aryl methyl sites for hydroxylation is 1. The van der Waals surface area contributed by atoms with Gasteiger partial charge < -0.3 is 5.11 Å². The van der Waals surface area contributed by atoms with Crippen molar-refractivity contribution in [1.82, 2.24) is 14.5 Å². The van der Waals surface area contributed by atoms with Gasteiger partial charge >= 0.3 is 5.69 Å². The number of hydrogen-bond acceptors (Lipinski definition) is 6. The molecule has 1 aromatic heterocycles. The topological polar surface area (TPSA) is 127 Å². The van der Waals surface area contributed by atoms with Crippen molar-refractivity contribution in [3.05, 3.63) is 46.3 Å². The lowest BCUT2D eigenvalue weighted by molar-refractivity contribution is -0.386. The first-order chi connectivity index (χ1) is 9.79. The summed E-state index contributed by atoms with van der Waals surface area (Å²) in [5.41, 5.74) is -0.162. The monoisotopic (exact) mass is 312 g/mol. The van der Waals surface area contributed by atoms with Crippen molar-refractivity contribution in [2.75, 3.05) is 0 Å². The molecule has 112 valence electrons. The highest BCUT2D eigenvalue weighted by Crippen LogP contribution is 2.28. The lowest BCUT2D eigenvalue weighted by Crippen LogP contribution is -2.23. The summed E-state index contributed by atoms with van der Waals surface area (Å²) in [5.74, 6) is -0.594. The summed E-state index contributed by atoms with van der Waals surface area (Å²) >= 11 is 0. The Labute approximate surface area is 120 Å². The van der Waals surface area contributed by atoms with Crippen molar-refractivity contribution in [2.45, 2.75) is 11.4 Å². The van der Waals surface area contributed by atoms with E-state index in [1.807, 2.05) is 0 Å². The van der Waals surface area contributed by atoms with Gasteiger partial charge in [-0.15, -0.1) is 0 Å². The number of nitrogens with one attached hydrogen (secondary N) is 1. The van der Waals surface area contributed by atoms with Crippen LogP contribution in [-0.4, -0.2) is 28.2 Å². The standard InChI is InChI=1S/C11H12N4O5S/c1-14-5-4-8(13-14)7-12-21(19,20)9-2-3-11(16)10(6-9)15(17)18/h2-6,12,16H,7H2,1H3. The predicted molar refractivity (Wildman–Crippen MR) is 72.0 cm³/mol. The quantitative estimate of drug-likeness (QED) is 0.611. The van der Waals surface area contributed by atoms with Crippen molar-refractivity contribution < 1.29 is 18.4 Å². The molecule has 0 spiro atoms. The summed E-state index contributed by atoms with van der Waals surface area (Å²) in [6, 6.07) is 4.49. The number of benzene rings is 1. The number of hydrogen-bond donors (Lipinski definition) is 2. The van der Waals surface area contributed by atoms with Crippen LogP contribution in [0.15, 0.2) is 35.4 Å². The van der Waals surface area contributed by atoms with Gasteiger partial charge in [-0.1, -0.05) is 0 Å². The van der Waals surface area contributed by atoms with E-state index in [1.54, 1.807) is 19.3 Å². The van der Waals surface area contributed by atoms with Crippen LogP contribution in [-0.2, 0) is 23.6 Å². The average molecular weight is 312 g/mol. The number of nitro groups is 1. The molecule has 9 nitrogen and oxygen atoms in total. The summed E-state index contributed by atoms with van der Waals surface area (Å²) in [7, 11) is -2.24. The molecule has 21 heavy (non-hydrogen) atoms. The highest BCUT2D eigenvalue weighted by molar-refractivity contribution is 7.89. The summed E-state index contributed by atoms with van der Waals surface area (Å²) in [6.07, 6.45) is 1.66. The fourth-order valence-electron chi connectivity index (χ4n) is 1.63. The second-order valence-electron chi connectivity index (χ2n) is 4.21. The second-order valence-corrected chi connectivity index (χ2v) is 5.98. The van der Waals surface area contributed by atoms with Gasteiger partial charge in [-0.05, 0) is 18.2 Å². The maximum atomic E-state index is 12.0. The Bertz CT molecular complexity index is 784. The van der Waals surface area contributed by atoms with Crippen LogP contribution in [0.1, 0.15) is 5.69 Å². The predicted octanol–water partition coefficient (Wildman–Crippen LogP) is 0.512. The van der Waals surface area contributed by atoms with Gasteiger partial charge in [0.1, 0.15) is 0 Å². The third-order valence-electron chi connectivity index (χ3n) is 2.67. The molecule has 0 fully saturated rings. The van der Waals surface area contributed by atoms with Crippen molar-refractivity contribution in [3.63, 3.8) is 0 Å². The Morgan fingerprint density at radius 3 is 2.71 bits per heavy atom. The molecular weight excluding hydrogens is 300 g/mol. The molecule has 0 aliphatic carbocycles. The average Bonchev–Trinajstić information content (AvgIpc) is 2.82. The van der Waals surface area contributed by atoms with E-state index < -0.39 is 26.4 Å². The zero-order valence-corrected chi connectivity index (χ0v) is 11.7. The maximum Gasteiger partial charge on any atom is 0.312 e. The molecule has 0 radical (unpaired) electrons. The molecule has 0 atom stereocenters. The van der Waals surface area contributed by atoms with Gasteiger partial charge in [0, 0.05) is 19.3 Å². The van der Waals surface area contributed by atoms with Crippen molar-refractivity contribution >= 4 is 15.7 Å². The van der Waals surface area contributed by atoms with Crippen molar-refractivity contribution in [1.29, 1.82) is 0 Å². The zero-order valence-electron chi connectivity index (χ0n) is 10.9. The van der Waals surface area contributed by atoms with E-state index in [4.69, 9.17) is 0 Å². The number of phenols is 1. The normalized spacial score (nSPS) is 11.5. The van der Waals surface area contributed by atoms with Gasteiger partial charge in [-0.2, -0.15) is 5.10 Å². The van der Waals surface area contributed by atoms with Crippen LogP contribution in [0.5, 0.6) is 5.75 Å². The molecule has 2 aromatic rings. The summed E-state index contributed by atoms with van der Waals surface area (Å²) in [4.78, 5) is 9.54. The Morgan fingerprint density at radius 2 is 2.14 bits per heavy atom. The minimum absolute atomic E-state index is 0.0438. The number of aromatic hydroxyl groups is 1. The Morgan fingerprint density at radius 1 is 1.43 bits per heavy atom. The summed E-state index contributed by atoms with van der Waals surface area (Å²) in [5, 5.41) is 24.0. The third kappa shape index (κ3) is 3.35. The second kappa shape index (κ2) is 5.50. The minimum Gasteiger partial charge on any atom is -0.502 e. The number of sulfonamides is 1. The van der Waals surface area contributed by atoms with Crippen LogP contribution in [0.3, 0.4) is 0 Å². The van der Waals surface area contributed by atoms with Gasteiger partial charge in [-0.25, -0.2) is 13.1 Å². The van der Waals surface area contributed by atoms with Crippen LogP contribution in [0.4, 0.5) is 5.69 Å². The van der Waals surface area contributed by atoms with Gasteiger partial charge in [0.25, 0.3) is 0 Å². The third-order valence-corrected chi connectivity index (χ3v) is 4.06. The lowest BCUT2D eigenvalue weighted by Gasteiger charge is -2.06. The highest BCUT2D eigenvalue weighted by atomic mass is 32.2. The molecule has 0 bridgehead atoms. The molecule has 0 saturated carbocycles. The molecule has 0 aliphatic rings. The lowest BCUT2D eigenvalue weighted by atomic mass is 10.3. The summed E-state index contributed by atoms with van der Waals surface area (Å²) < 4.78 is 27.9. The van der Waals surface area contributed by atoms with Crippen LogP contribution >= 0.6 is 0 Å². The first kappa shape index (κ1) is 14.9. The summed E-state index contributed by atoms with van der Waals surface area (Å²) in [6.45, 7) is -0.0438. The van der Waals surface area contributed by atoms with E-state index in [2.05, 4.69) is 9.82 Å².